The number of rotatable bonds is 5. The summed E-state index contributed by atoms with van der Waals surface area (Å²) in [5, 5.41) is 10.5. The third kappa shape index (κ3) is 4.21. The molecular weight excluding hydrogens is 290 g/mol. The topological polar surface area (TPSA) is 119 Å². The van der Waals surface area contributed by atoms with Gasteiger partial charge in [-0.15, -0.1) is 0 Å². The molecule has 21 heavy (non-hydrogen) atoms. The van der Waals surface area contributed by atoms with Crippen molar-refractivity contribution in [3.63, 3.8) is 0 Å². The fourth-order valence-electron chi connectivity index (χ4n) is 1.42. The smallest absolute Gasteiger partial charge is 0.340 e. The molecule has 4 N–H and O–H groups in total. The van der Waals surface area contributed by atoms with Gasteiger partial charge in [-0.25, -0.2) is 13.6 Å². The van der Waals surface area contributed by atoms with Gasteiger partial charge in [0.2, 0.25) is 5.91 Å². The number of aliphatic carboxylic acids is 1. The minimum atomic E-state index is -1.42. The number of esters is 1. The Balaban J connectivity index is 3.00. The highest BCUT2D eigenvalue weighted by Crippen LogP contribution is 2.20. The third-order valence-electron chi connectivity index (χ3n) is 2.45. The van der Waals surface area contributed by atoms with Crippen molar-refractivity contribution in [2.24, 2.45) is 5.73 Å². The molecule has 1 atom stereocenters. The molecule has 0 heterocycles. The number of nitrogens with two attached hydrogens (primary N) is 1. The maximum Gasteiger partial charge on any atom is 0.340 e. The quantitative estimate of drug-likeness (QED) is 0.681. The van der Waals surface area contributed by atoms with E-state index in [4.69, 9.17) is 10.8 Å². The molecule has 9 heteroatoms. The van der Waals surface area contributed by atoms with E-state index in [-0.39, 0.29) is 0 Å². The number of ether oxygens (including phenoxy) is 1. The summed E-state index contributed by atoms with van der Waals surface area (Å²) in [5.41, 5.74) is 4.20. The average molecular weight is 302 g/mol. The number of carboxylic acids is 1. The molecule has 1 aromatic rings. The van der Waals surface area contributed by atoms with Gasteiger partial charge in [0.25, 0.3) is 0 Å². The van der Waals surface area contributed by atoms with E-state index in [9.17, 15) is 23.2 Å². The molecule has 0 aliphatic rings. The first-order valence-electron chi connectivity index (χ1n) is 5.61. The van der Waals surface area contributed by atoms with Crippen LogP contribution in [0.4, 0.5) is 14.5 Å². The second kappa shape index (κ2) is 6.75. The van der Waals surface area contributed by atoms with E-state index in [1.54, 1.807) is 0 Å². The summed E-state index contributed by atoms with van der Waals surface area (Å²) in [6.45, 7) is 0. The molecular formula is C12H12F2N2O5. The molecule has 114 valence electrons. The fourth-order valence-corrected chi connectivity index (χ4v) is 1.42. The zero-order valence-electron chi connectivity index (χ0n) is 10.9. The first kappa shape index (κ1) is 16.5. The Kier molecular flexibility index (Phi) is 5.30. The van der Waals surface area contributed by atoms with Gasteiger partial charge in [0, 0.05) is 6.07 Å². The van der Waals surface area contributed by atoms with Gasteiger partial charge < -0.3 is 20.9 Å². The first-order valence-corrected chi connectivity index (χ1v) is 5.61. The van der Waals surface area contributed by atoms with E-state index < -0.39 is 53.2 Å². The van der Waals surface area contributed by atoms with Crippen molar-refractivity contribution >= 4 is 23.5 Å². The molecule has 0 radical (unpaired) electrons. The van der Waals surface area contributed by atoms with Crippen LogP contribution in [-0.4, -0.2) is 36.1 Å². The number of methoxy groups -OCH3 is 1. The van der Waals surface area contributed by atoms with Gasteiger partial charge in [0.05, 0.1) is 30.8 Å². The minimum absolute atomic E-state index is 0.393. The number of carboxylic acid groups (broad SMARTS) is 1. The summed E-state index contributed by atoms with van der Waals surface area (Å²) in [4.78, 5) is 33.2. The van der Waals surface area contributed by atoms with E-state index in [2.05, 4.69) is 4.74 Å². The monoisotopic (exact) mass is 302 g/mol. The number of amides is 1. The lowest BCUT2D eigenvalue weighted by Crippen LogP contribution is -2.37. The first-order chi connectivity index (χ1) is 9.76. The molecule has 0 fully saturated rings. The Morgan fingerprint density at radius 3 is 2.48 bits per heavy atom. The predicted molar refractivity (Wildman–Crippen MR) is 66.6 cm³/mol. The van der Waals surface area contributed by atoms with Crippen LogP contribution in [0.15, 0.2) is 12.1 Å². The molecule has 7 nitrogen and oxygen atoms in total. The van der Waals surface area contributed by atoms with Crippen molar-refractivity contribution in [2.45, 2.75) is 12.5 Å². The number of nitrogens with one attached hydrogen (secondary N) is 1. The summed E-state index contributed by atoms with van der Waals surface area (Å²) >= 11 is 0. The molecule has 1 unspecified atom stereocenters. The molecule has 0 spiro atoms. The van der Waals surface area contributed by atoms with E-state index in [0.717, 1.165) is 13.2 Å². The number of carbonyl (C=O) groups excluding carboxylic acids is 2. The summed E-state index contributed by atoms with van der Waals surface area (Å²) in [7, 11) is 1.01. The molecule has 1 amide bonds. The van der Waals surface area contributed by atoms with Gasteiger partial charge in [-0.3, -0.25) is 9.59 Å². The average Bonchev–Trinajstić information content (AvgIpc) is 2.40. The zero-order valence-corrected chi connectivity index (χ0v) is 10.9. The van der Waals surface area contributed by atoms with E-state index in [1.165, 1.54) is 0 Å². The lowest BCUT2D eigenvalue weighted by atomic mass is 10.1. The second-order valence-corrected chi connectivity index (χ2v) is 4.00. The SMILES string of the molecule is COC(=O)c1cc(NC(=O)C(N)CC(=O)O)c(F)cc1F. The van der Waals surface area contributed by atoms with Crippen LogP contribution in [0.5, 0.6) is 0 Å². The van der Waals surface area contributed by atoms with Crippen molar-refractivity contribution in [3.8, 4) is 0 Å². The molecule has 0 aliphatic carbocycles. The van der Waals surface area contributed by atoms with E-state index in [1.807, 2.05) is 5.32 Å². The zero-order chi connectivity index (χ0) is 16.2. The lowest BCUT2D eigenvalue weighted by Gasteiger charge is -2.12. The summed E-state index contributed by atoms with van der Waals surface area (Å²) in [6, 6.07) is -0.291. The predicted octanol–water partition coefficient (Wildman–Crippen LogP) is 0.492. The van der Waals surface area contributed by atoms with Crippen LogP contribution in [0, 0.1) is 11.6 Å². The Morgan fingerprint density at radius 2 is 1.95 bits per heavy atom. The Labute approximate surface area is 117 Å². The highest BCUT2D eigenvalue weighted by atomic mass is 19.1. The van der Waals surface area contributed by atoms with Gasteiger partial charge in [-0.2, -0.15) is 0 Å². The highest BCUT2D eigenvalue weighted by Gasteiger charge is 2.21. The van der Waals surface area contributed by atoms with Crippen molar-refractivity contribution in [1.29, 1.82) is 0 Å². The fraction of sp³-hybridized carbons (Fsp3) is 0.250. The minimum Gasteiger partial charge on any atom is -0.481 e. The van der Waals surface area contributed by atoms with Crippen molar-refractivity contribution in [2.75, 3.05) is 12.4 Å². The van der Waals surface area contributed by atoms with E-state index in [0.29, 0.717) is 6.07 Å². The summed E-state index contributed by atoms with van der Waals surface area (Å²) in [6.07, 6.45) is -0.668. The van der Waals surface area contributed by atoms with Gasteiger partial charge in [-0.05, 0) is 6.07 Å². The highest BCUT2D eigenvalue weighted by molar-refractivity contribution is 5.98. The standard InChI is InChI=1S/C12H12F2N2O5/c1-21-12(20)5-2-9(7(14)3-6(5)13)16-11(19)8(15)4-10(17)18/h2-3,8H,4,15H2,1H3,(H,16,19)(H,17,18). The van der Waals surface area contributed by atoms with Crippen LogP contribution in [-0.2, 0) is 14.3 Å². The summed E-state index contributed by atoms with van der Waals surface area (Å²) < 4.78 is 31.2. The van der Waals surface area contributed by atoms with Crippen LogP contribution in [0.2, 0.25) is 0 Å². The van der Waals surface area contributed by atoms with Gasteiger partial charge >= 0.3 is 11.9 Å². The molecule has 0 aliphatic heterocycles. The van der Waals surface area contributed by atoms with Crippen LogP contribution < -0.4 is 11.1 Å². The number of carbonyl (C=O) groups is 3. The van der Waals surface area contributed by atoms with Crippen molar-refractivity contribution < 1.29 is 33.0 Å². The molecule has 0 aromatic heterocycles. The molecule has 0 saturated carbocycles. The number of halogens is 2. The van der Waals surface area contributed by atoms with Crippen LogP contribution in [0.25, 0.3) is 0 Å². The molecule has 1 aromatic carbocycles. The van der Waals surface area contributed by atoms with E-state index >= 15 is 0 Å². The molecule has 1 rings (SSSR count). The number of hydrogen-bond acceptors (Lipinski definition) is 5. The lowest BCUT2D eigenvalue weighted by molar-refractivity contribution is -0.138. The maximum absolute atomic E-state index is 13.5. The van der Waals surface area contributed by atoms with Crippen LogP contribution >= 0.6 is 0 Å². The second-order valence-electron chi connectivity index (χ2n) is 4.00. The van der Waals surface area contributed by atoms with Gasteiger partial charge in [0.1, 0.15) is 11.6 Å². The van der Waals surface area contributed by atoms with Gasteiger partial charge in [0.15, 0.2) is 0 Å². The van der Waals surface area contributed by atoms with Gasteiger partial charge in [-0.1, -0.05) is 0 Å². The normalized spacial score (nSPS) is 11.6. The third-order valence-corrected chi connectivity index (χ3v) is 2.45. The Hall–Kier alpha value is -2.55. The largest absolute Gasteiger partial charge is 0.481 e. The number of hydrogen-bond donors (Lipinski definition) is 3. The number of anilines is 1. The molecule has 0 saturated heterocycles. The Morgan fingerprint density at radius 1 is 1.33 bits per heavy atom. The Bertz CT molecular complexity index is 591. The maximum atomic E-state index is 13.5. The summed E-state index contributed by atoms with van der Waals surface area (Å²) in [5.74, 6) is -5.66. The number of benzene rings is 1. The van der Waals surface area contributed by atoms with Crippen molar-refractivity contribution in [3.05, 3.63) is 29.3 Å². The molecule has 0 bridgehead atoms. The van der Waals surface area contributed by atoms with Crippen LogP contribution in [0.1, 0.15) is 16.8 Å². The van der Waals surface area contributed by atoms with Crippen molar-refractivity contribution in [1.82, 2.24) is 0 Å². The van der Waals surface area contributed by atoms with Crippen LogP contribution in [0.3, 0.4) is 0 Å².